The van der Waals surface area contributed by atoms with Crippen LogP contribution in [-0.4, -0.2) is 24.7 Å². The lowest BCUT2D eigenvalue weighted by Crippen LogP contribution is -2.36. The summed E-state index contributed by atoms with van der Waals surface area (Å²) >= 11 is 0. The number of ether oxygens (including phenoxy) is 2. The Labute approximate surface area is 248 Å². The average Bonchev–Trinajstić information content (AvgIpc) is 3.31. The van der Waals surface area contributed by atoms with Gasteiger partial charge in [0, 0.05) is 12.0 Å². The maximum absolute atomic E-state index is 13.1. The van der Waals surface area contributed by atoms with E-state index in [-0.39, 0.29) is 24.5 Å². The molecule has 214 valence electrons. The molecule has 5 rings (SSSR count). The highest BCUT2D eigenvalue weighted by molar-refractivity contribution is 5.82. The summed E-state index contributed by atoms with van der Waals surface area (Å²) in [7, 11) is 0. The van der Waals surface area contributed by atoms with Crippen LogP contribution >= 0.6 is 0 Å². The van der Waals surface area contributed by atoms with Gasteiger partial charge in [0.2, 0.25) is 0 Å². The van der Waals surface area contributed by atoms with Gasteiger partial charge in [0.25, 0.3) is 0 Å². The van der Waals surface area contributed by atoms with Crippen molar-refractivity contribution in [3.8, 4) is 11.1 Å². The van der Waals surface area contributed by atoms with Crippen LogP contribution in [0.25, 0.3) is 11.1 Å². The fourth-order valence-electron chi connectivity index (χ4n) is 5.32. The average molecular weight is 560 g/mol. The Balaban J connectivity index is 1.26. The van der Waals surface area contributed by atoms with Gasteiger partial charge in [0.05, 0.1) is 6.04 Å². The lowest BCUT2D eigenvalue weighted by molar-refractivity contribution is -0.139. The summed E-state index contributed by atoms with van der Waals surface area (Å²) in [4.78, 5) is 25.6. The molecule has 4 aromatic carbocycles. The molecule has 0 aromatic heterocycles. The molecule has 4 aromatic rings. The number of esters is 1. The summed E-state index contributed by atoms with van der Waals surface area (Å²) < 4.78 is 11.2. The van der Waals surface area contributed by atoms with Crippen molar-refractivity contribution in [2.75, 3.05) is 6.61 Å². The van der Waals surface area contributed by atoms with Crippen LogP contribution in [0, 0.1) is 0 Å². The summed E-state index contributed by atoms with van der Waals surface area (Å²) in [5.41, 5.74) is 7.88. The van der Waals surface area contributed by atoms with Crippen molar-refractivity contribution in [2.24, 2.45) is 0 Å². The van der Waals surface area contributed by atoms with Crippen LogP contribution in [0.2, 0.25) is 0 Å². The summed E-state index contributed by atoms with van der Waals surface area (Å²) in [5, 5.41) is 2.96. The summed E-state index contributed by atoms with van der Waals surface area (Å²) in [6.07, 6.45) is 3.01. The van der Waals surface area contributed by atoms with E-state index in [4.69, 9.17) is 9.47 Å². The number of carbonyl (C=O) groups is 2. The first kappa shape index (κ1) is 28.9. The molecule has 0 saturated heterocycles. The topological polar surface area (TPSA) is 64.6 Å². The van der Waals surface area contributed by atoms with Gasteiger partial charge < -0.3 is 14.8 Å². The third kappa shape index (κ3) is 7.16. The maximum Gasteiger partial charge on any atom is 0.407 e. The number of fused-ring (bicyclic) bond motifs is 3. The second kappa shape index (κ2) is 12.9. The number of benzene rings is 4. The normalized spacial score (nSPS) is 13.3. The molecule has 42 heavy (non-hydrogen) atoms. The monoisotopic (exact) mass is 559 g/mol. The fourth-order valence-corrected chi connectivity index (χ4v) is 5.32. The van der Waals surface area contributed by atoms with Crippen LogP contribution in [0.4, 0.5) is 4.79 Å². The first-order valence-corrected chi connectivity index (χ1v) is 14.4. The van der Waals surface area contributed by atoms with Gasteiger partial charge in [-0.1, -0.05) is 130 Å². The Morgan fingerprint density at radius 1 is 0.762 bits per heavy atom. The smallest absolute Gasteiger partial charge is 0.407 e. The van der Waals surface area contributed by atoms with Gasteiger partial charge in [-0.05, 0) is 50.8 Å². The van der Waals surface area contributed by atoms with E-state index in [9.17, 15) is 9.59 Å². The van der Waals surface area contributed by atoms with E-state index in [1.807, 2.05) is 54.6 Å². The molecule has 1 aliphatic carbocycles. The van der Waals surface area contributed by atoms with Crippen LogP contribution in [0.15, 0.2) is 115 Å². The van der Waals surface area contributed by atoms with Crippen molar-refractivity contribution in [3.63, 3.8) is 0 Å². The Morgan fingerprint density at radius 2 is 1.36 bits per heavy atom. The minimum absolute atomic E-state index is 0.0324. The largest absolute Gasteiger partial charge is 0.458 e. The molecule has 1 atom stereocenters. The third-order valence-electron chi connectivity index (χ3n) is 7.61. The molecule has 1 N–H and O–H groups in total. The van der Waals surface area contributed by atoms with Crippen LogP contribution in [0.3, 0.4) is 0 Å². The summed E-state index contributed by atoms with van der Waals surface area (Å²) in [5.74, 6) is -0.503. The third-order valence-corrected chi connectivity index (χ3v) is 7.61. The molecule has 0 fully saturated rings. The molecule has 1 aliphatic rings. The molecule has 0 aliphatic heterocycles. The quantitative estimate of drug-likeness (QED) is 0.168. The number of hydrogen-bond donors (Lipinski definition) is 1. The highest BCUT2D eigenvalue weighted by Gasteiger charge is 2.29. The molecule has 0 spiro atoms. The number of hydrogen-bond acceptors (Lipinski definition) is 4. The summed E-state index contributed by atoms with van der Waals surface area (Å²) in [6.45, 7) is 6.92. The zero-order valence-corrected chi connectivity index (χ0v) is 24.4. The number of rotatable bonds is 9. The number of amides is 1. The van der Waals surface area contributed by atoms with Gasteiger partial charge in [-0.25, -0.2) is 9.59 Å². The van der Waals surface area contributed by atoms with E-state index >= 15 is 0 Å². The molecule has 0 heterocycles. The van der Waals surface area contributed by atoms with Crippen LogP contribution < -0.4 is 5.32 Å². The molecule has 5 heteroatoms. The SMILES string of the molecule is CC(C)(C)c1ccc(C[C@@H](/C=C/C(=O)OCc2ccccc2)NC(=O)OCC2c3ccccc3-c3ccccc32)cc1. The van der Waals surface area contributed by atoms with Crippen molar-refractivity contribution < 1.29 is 19.1 Å². The predicted molar refractivity (Wildman–Crippen MR) is 166 cm³/mol. The lowest BCUT2D eigenvalue weighted by atomic mass is 9.86. The Morgan fingerprint density at radius 3 is 1.98 bits per heavy atom. The molecular formula is C37H37NO4. The molecule has 0 bridgehead atoms. The molecule has 0 unspecified atom stereocenters. The standard InChI is InChI=1S/C37H37NO4/c1-37(2,3)28-19-17-26(18-20-28)23-29(21-22-35(39)41-24-27-11-5-4-6-12-27)38-36(40)42-25-34-32-15-9-7-13-30(32)31-14-8-10-16-33(31)34/h4-22,29,34H,23-25H2,1-3H3,(H,38,40)/b22-21+/t29-/m1/s1. The van der Waals surface area contributed by atoms with Crippen molar-refractivity contribution in [3.05, 3.63) is 143 Å². The van der Waals surface area contributed by atoms with Crippen molar-refractivity contribution >= 4 is 12.1 Å². The first-order chi connectivity index (χ1) is 20.3. The number of carbonyl (C=O) groups excluding carboxylic acids is 2. The van der Waals surface area contributed by atoms with E-state index in [1.165, 1.54) is 22.8 Å². The summed E-state index contributed by atoms with van der Waals surface area (Å²) in [6, 6.07) is 33.9. The highest BCUT2D eigenvalue weighted by atomic mass is 16.5. The number of nitrogens with one attached hydrogen (secondary N) is 1. The fraction of sp³-hybridized carbons (Fsp3) is 0.243. The van der Waals surface area contributed by atoms with E-state index in [2.05, 4.69) is 74.6 Å². The number of alkyl carbamates (subject to hydrolysis) is 1. The van der Waals surface area contributed by atoms with Gasteiger partial charge in [0.1, 0.15) is 13.2 Å². The van der Waals surface area contributed by atoms with Crippen LogP contribution in [0.5, 0.6) is 0 Å². The van der Waals surface area contributed by atoms with Gasteiger partial charge in [-0.3, -0.25) is 0 Å². The minimum Gasteiger partial charge on any atom is -0.458 e. The highest BCUT2D eigenvalue weighted by Crippen LogP contribution is 2.44. The molecule has 5 nitrogen and oxygen atoms in total. The van der Waals surface area contributed by atoms with E-state index < -0.39 is 18.1 Å². The van der Waals surface area contributed by atoms with Gasteiger partial charge in [-0.15, -0.1) is 0 Å². The second-order valence-electron chi connectivity index (χ2n) is 11.7. The van der Waals surface area contributed by atoms with Gasteiger partial charge >= 0.3 is 12.1 Å². The molecule has 0 radical (unpaired) electrons. The zero-order valence-electron chi connectivity index (χ0n) is 24.4. The molecule has 0 saturated carbocycles. The maximum atomic E-state index is 13.1. The Kier molecular flexibility index (Phi) is 8.87. The molecule has 1 amide bonds. The second-order valence-corrected chi connectivity index (χ2v) is 11.7. The van der Waals surface area contributed by atoms with E-state index in [0.29, 0.717) is 6.42 Å². The van der Waals surface area contributed by atoms with Gasteiger partial charge in [0.15, 0.2) is 0 Å². The predicted octanol–water partition coefficient (Wildman–Crippen LogP) is 7.73. The molecular weight excluding hydrogens is 522 g/mol. The van der Waals surface area contributed by atoms with Gasteiger partial charge in [-0.2, -0.15) is 0 Å². The van der Waals surface area contributed by atoms with E-state index in [1.54, 1.807) is 6.08 Å². The van der Waals surface area contributed by atoms with Crippen LogP contribution in [-0.2, 0) is 32.7 Å². The van der Waals surface area contributed by atoms with Crippen molar-refractivity contribution in [1.29, 1.82) is 0 Å². The van der Waals surface area contributed by atoms with E-state index in [0.717, 1.165) is 22.3 Å². The van der Waals surface area contributed by atoms with Crippen molar-refractivity contribution in [1.82, 2.24) is 5.32 Å². The Bertz CT molecular complexity index is 1510. The minimum atomic E-state index is -0.532. The zero-order chi connectivity index (χ0) is 29.5. The lowest BCUT2D eigenvalue weighted by Gasteiger charge is -2.20. The van der Waals surface area contributed by atoms with Crippen molar-refractivity contribution in [2.45, 2.75) is 51.2 Å². The first-order valence-electron chi connectivity index (χ1n) is 14.4. The van der Waals surface area contributed by atoms with Crippen LogP contribution in [0.1, 0.15) is 54.5 Å². The Hall–Kier alpha value is -4.64.